The molecule has 1 saturated heterocycles. The minimum Gasteiger partial charge on any atom is -0.469 e. The van der Waals surface area contributed by atoms with Crippen LogP contribution < -0.4 is 10.6 Å². The Morgan fingerprint density at radius 3 is 2.56 bits per heavy atom. The number of amides is 5. The Labute approximate surface area is 224 Å². The van der Waals surface area contributed by atoms with Gasteiger partial charge in [-0.1, -0.05) is 18.2 Å². The monoisotopic (exact) mass is 540 g/mol. The van der Waals surface area contributed by atoms with E-state index in [1.54, 1.807) is 25.1 Å². The highest BCUT2D eigenvalue weighted by Crippen LogP contribution is 2.46. The summed E-state index contributed by atoms with van der Waals surface area (Å²) in [5, 5.41) is 5.12. The number of anilines is 1. The Kier molecular flexibility index (Phi) is 7.84. The number of benzene rings is 2. The van der Waals surface area contributed by atoms with Gasteiger partial charge in [-0.15, -0.1) is 0 Å². The van der Waals surface area contributed by atoms with Crippen molar-refractivity contribution in [3.63, 3.8) is 0 Å². The van der Waals surface area contributed by atoms with Gasteiger partial charge in [0.2, 0.25) is 11.5 Å². The quantitative estimate of drug-likeness (QED) is 0.492. The molecule has 2 aliphatic rings. The van der Waals surface area contributed by atoms with Gasteiger partial charge >= 0.3 is 18.1 Å². The summed E-state index contributed by atoms with van der Waals surface area (Å²) in [6, 6.07) is 9.42. The Hall–Kier alpha value is -4.48. The summed E-state index contributed by atoms with van der Waals surface area (Å²) in [4.78, 5) is 65.6. The smallest absolute Gasteiger partial charge is 0.418 e. The van der Waals surface area contributed by atoms with Gasteiger partial charge in [-0.05, 0) is 48.7 Å². The molecular weight excluding hydrogens is 511 g/mol. The molecule has 206 valence electrons. The lowest BCUT2D eigenvalue weighted by molar-refractivity contribution is -0.146. The summed E-state index contributed by atoms with van der Waals surface area (Å²) in [6.07, 6.45) is -0.451. The molecule has 4 rings (SSSR count). The van der Waals surface area contributed by atoms with E-state index in [-0.39, 0.29) is 19.4 Å². The van der Waals surface area contributed by atoms with Crippen molar-refractivity contribution in [1.29, 1.82) is 0 Å². The molecule has 1 spiro atoms. The minimum atomic E-state index is -1.56. The Morgan fingerprint density at radius 2 is 1.90 bits per heavy atom. The lowest BCUT2D eigenvalue weighted by Gasteiger charge is -2.30. The standard InChI is InChI=1S/C27H29FN4O7/c1-16(12-23(34)38-3)31(14-17-4-6-19(28)7-5-17)22(33)15-32-24(35)27(39-26(32)37)11-10-18-13-20(8-9-21(18)27)30-25(36)29-2/h4-9,13,16H,10-12,14-15H2,1-3H3,(H2,29,30,36)/t16?,27-/m1/s1. The van der Waals surface area contributed by atoms with Gasteiger partial charge in [-0.2, -0.15) is 0 Å². The van der Waals surface area contributed by atoms with Gasteiger partial charge in [0.1, 0.15) is 12.4 Å². The third kappa shape index (κ3) is 5.54. The molecule has 2 aromatic rings. The molecule has 1 aliphatic carbocycles. The number of rotatable bonds is 8. The summed E-state index contributed by atoms with van der Waals surface area (Å²) in [5.41, 5.74) is 0.796. The molecule has 0 aromatic heterocycles. The third-order valence-electron chi connectivity index (χ3n) is 6.95. The molecule has 39 heavy (non-hydrogen) atoms. The first-order chi connectivity index (χ1) is 18.6. The van der Waals surface area contributed by atoms with Crippen LogP contribution in [0.25, 0.3) is 0 Å². The molecule has 0 bridgehead atoms. The molecule has 0 saturated carbocycles. The zero-order chi connectivity index (χ0) is 28.3. The maximum atomic E-state index is 13.6. The van der Waals surface area contributed by atoms with Crippen LogP contribution in [0, 0.1) is 5.82 Å². The van der Waals surface area contributed by atoms with E-state index >= 15 is 0 Å². The molecule has 11 nitrogen and oxygen atoms in total. The van der Waals surface area contributed by atoms with Crippen molar-refractivity contribution < 1.29 is 37.8 Å². The lowest BCUT2D eigenvalue weighted by Crippen LogP contribution is -2.47. The number of hydrogen-bond acceptors (Lipinski definition) is 7. The van der Waals surface area contributed by atoms with Crippen LogP contribution >= 0.6 is 0 Å². The number of urea groups is 1. The predicted octanol–water partition coefficient (Wildman–Crippen LogP) is 2.68. The number of ether oxygens (including phenoxy) is 2. The molecule has 1 aliphatic heterocycles. The van der Waals surface area contributed by atoms with Gasteiger partial charge in [0, 0.05) is 37.3 Å². The number of aryl methyl sites for hydroxylation is 1. The van der Waals surface area contributed by atoms with Crippen molar-refractivity contribution in [1.82, 2.24) is 15.1 Å². The summed E-state index contributed by atoms with van der Waals surface area (Å²) >= 11 is 0. The van der Waals surface area contributed by atoms with E-state index in [1.807, 2.05) is 0 Å². The maximum Gasteiger partial charge on any atom is 0.418 e. The van der Waals surface area contributed by atoms with Crippen molar-refractivity contribution in [2.24, 2.45) is 0 Å². The van der Waals surface area contributed by atoms with E-state index < -0.39 is 53.9 Å². The highest BCUT2D eigenvalue weighted by atomic mass is 19.1. The fraction of sp³-hybridized carbons (Fsp3) is 0.370. The molecule has 2 atom stereocenters. The second-order valence-electron chi connectivity index (χ2n) is 9.44. The number of imide groups is 1. The molecule has 1 heterocycles. The van der Waals surface area contributed by atoms with Crippen LogP contribution in [0.1, 0.15) is 36.5 Å². The largest absolute Gasteiger partial charge is 0.469 e. The summed E-state index contributed by atoms with van der Waals surface area (Å²) in [6.45, 7) is 1.06. The van der Waals surface area contributed by atoms with Gasteiger partial charge in [0.05, 0.1) is 13.5 Å². The van der Waals surface area contributed by atoms with Crippen molar-refractivity contribution >= 4 is 35.6 Å². The number of carbonyl (C=O) groups is 5. The number of halogens is 1. The first-order valence-corrected chi connectivity index (χ1v) is 12.4. The van der Waals surface area contributed by atoms with Crippen molar-refractivity contribution in [3.05, 3.63) is 65.0 Å². The highest BCUT2D eigenvalue weighted by molar-refractivity contribution is 6.06. The van der Waals surface area contributed by atoms with E-state index in [0.717, 1.165) is 10.5 Å². The van der Waals surface area contributed by atoms with Gasteiger partial charge in [0.25, 0.3) is 5.91 Å². The molecule has 1 fully saturated rings. The number of hydrogen-bond donors (Lipinski definition) is 2. The van der Waals surface area contributed by atoms with Gasteiger partial charge in [-0.25, -0.2) is 18.9 Å². The van der Waals surface area contributed by atoms with Crippen LogP contribution in [0.15, 0.2) is 42.5 Å². The normalized spacial score (nSPS) is 18.4. The SMILES string of the molecule is CNC(=O)Nc1ccc2c(c1)CC[C@@]21OC(=O)N(CC(=O)N(Cc2ccc(F)cc2)C(C)CC(=O)OC)C1=O. The predicted molar refractivity (Wildman–Crippen MR) is 136 cm³/mol. The molecule has 1 unspecified atom stereocenters. The number of carbonyl (C=O) groups excluding carboxylic acids is 5. The summed E-state index contributed by atoms with van der Waals surface area (Å²) in [7, 11) is 2.72. The Balaban J connectivity index is 1.54. The van der Waals surface area contributed by atoms with E-state index in [9.17, 15) is 28.4 Å². The van der Waals surface area contributed by atoms with Crippen LogP contribution in [-0.4, -0.2) is 66.5 Å². The zero-order valence-electron chi connectivity index (χ0n) is 21.8. The van der Waals surface area contributed by atoms with Crippen LogP contribution in [0.3, 0.4) is 0 Å². The van der Waals surface area contributed by atoms with E-state index in [4.69, 9.17) is 9.47 Å². The molecule has 2 aromatic carbocycles. The number of nitrogens with one attached hydrogen (secondary N) is 2. The van der Waals surface area contributed by atoms with Gasteiger partial charge in [-0.3, -0.25) is 14.4 Å². The second-order valence-corrected chi connectivity index (χ2v) is 9.44. The summed E-state index contributed by atoms with van der Waals surface area (Å²) in [5.74, 6) is -2.23. The highest BCUT2D eigenvalue weighted by Gasteiger charge is 2.58. The fourth-order valence-corrected chi connectivity index (χ4v) is 4.86. The third-order valence-corrected chi connectivity index (χ3v) is 6.95. The van der Waals surface area contributed by atoms with Gasteiger partial charge < -0.3 is 25.0 Å². The molecule has 0 radical (unpaired) electrons. The van der Waals surface area contributed by atoms with E-state index in [1.165, 1.54) is 43.3 Å². The average Bonchev–Trinajstić information content (AvgIpc) is 3.39. The van der Waals surface area contributed by atoms with E-state index in [2.05, 4.69) is 10.6 Å². The first-order valence-electron chi connectivity index (χ1n) is 12.4. The minimum absolute atomic E-state index is 0.0173. The van der Waals surface area contributed by atoms with Gasteiger partial charge in [0.15, 0.2) is 0 Å². The maximum absolute atomic E-state index is 13.6. The zero-order valence-corrected chi connectivity index (χ0v) is 21.8. The van der Waals surface area contributed by atoms with Crippen LogP contribution in [0.4, 0.5) is 19.7 Å². The number of fused-ring (bicyclic) bond motifs is 2. The van der Waals surface area contributed by atoms with E-state index in [0.29, 0.717) is 23.2 Å². The Morgan fingerprint density at radius 1 is 1.18 bits per heavy atom. The van der Waals surface area contributed by atoms with Crippen molar-refractivity contribution in [2.75, 3.05) is 26.0 Å². The first kappa shape index (κ1) is 27.6. The van der Waals surface area contributed by atoms with Crippen LogP contribution in [-0.2, 0) is 42.4 Å². The number of nitrogens with zero attached hydrogens (tertiary/aromatic N) is 2. The molecular formula is C27H29FN4O7. The topological polar surface area (TPSA) is 134 Å². The number of esters is 1. The molecule has 2 N–H and O–H groups in total. The van der Waals surface area contributed by atoms with Crippen molar-refractivity contribution in [2.45, 2.75) is 44.4 Å². The number of methoxy groups -OCH3 is 1. The Bertz CT molecular complexity index is 1320. The van der Waals surface area contributed by atoms with Crippen molar-refractivity contribution in [3.8, 4) is 0 Å². The fourth-order valence-electron chi connectivity index (χ4n) is 4.86. The van der Waals surface area contributed by atoms with Crippen LogP contribution in [0.2, 0.25) is 0 Å². The summed E-state index contributed by atoms with van der Waals surface area (Å²) < 4.78 is 23.7. The molecule has 12 heteroatoms. The van der Waals surface area contributed by atoms with Crippen LogP contribution in [0.5, 0.6) is 0 Å². The second kappa shape index (κ2) is 11.1. The molecule has 5 amide bonds. The lowest BCUT2D eigenvalue weighted by atomic mass is 9.94. The average molecular weight is 541 g/mol.